The van der Waals surface area contributed by atoms with Gasteiger partial charge in [0.25, 0.3) is 0 Å². The van der Waals surface area contributed by atoms with E-state index in [0.717, 1.165) is 5.39 Å². The highest BCUT2D eigenvalue weighted by Gasteiger charge is 2.12. The van der Waals surface area contributed by atoms with Gasteiger partial charge in [-0.2, -0.15) is 4.98 Å². The van der Waals surface area contributed by atoms with Crippen molar-refractivity contribution in [2.75, 3.05) is 12.8 Å². The van der Waals surface area contributed by atoms with Gasteiger partial charge < -0.3 is 15.2 Å². The summed E-state index contributed by atoms with van der Waals surface area (Å²) in [4.78, 5) is 12.2. The Hall–Kier alpha value is -2.60. The van der Waals surface area contributed by atoms with E-state index in [1.807, 2.05) is 6.07 Å². The molecule has 0 radical (unpaired) electrons. The number of nitrogens with two attached hydrogens (primary N) is 1. The van der Waals surface area contributed by atoms with E-state index in [1.54, 1.807) is 24.4 Å². The lowest BCUT2D eigenvalue weighted by atomic mass is 10.2. The second-order valence-electron chi connectivity index (χ2n) is 4.16. The number of hydrogen-bond acceptors (Lipinski definition) is 6. The summed E-state index contributed by atoms with van der Waals surface area (Å²) in [6, 6.07) is 7.30. The van der Waals surface area contributed by atoms with Crippen molar-refractivity contribution in [2.45, 2.75) is 0 Å². The van der Waals surface area contributed by atoms with Crippen LogP contribution >= 0.6 is 11.6 Å². The van der Waals surface area contributed by atoms with Gasteiger partial charge in [0.05, 0.1) is 24.5 Å². The lowest BCUT2D eigenvalue weighted by molar-refractivity contribution is 0.367. The Bertz CT molecular complexity index is 810. The van der Waals surface area contributed by atoms with Gasteiger partial charge in [-0.25, -0.2) is 4.98 Å². The molecule has 2 aromatic heterocycles. The fourth-order valence-corrected chi connectivity index (χ4v) is 2.00. The standard InChI is InChI=1S/C14H11ClN4O2/c1-20-14-18-7-9(15)13(19-14)21-11-5-4-10(16)12-8(11)3-2-6-17-12/h2-7H,16H2,1H3. The summed E-state index contributed by atoms with van der Waals surface area (Å²) in [5, 5.41) is 1.05. The lowest BCUT2D eigenvalue weighted by Crippen LogP contribution is -1.97. The monoisotopic (exact) mass is 302 g/mol. The molecule has 0 bridgehead atoms. The van der Waals surface area contributed by atoms with E-state index < -0.39 is 0 Å². The van der Waals surface area contributed by atoms with Crippen molar-refractivity contribution in [3.8, 4) is 17.6 Å². The van der Waals surface area contributed by atoms with E-state index in [-0.39, 0.29) is 16.9 Å². The number of aromatic nitrogens is 3. The highest BCUT2D eigenvalue weighted by molar-refractivity contribution is 6.31. The van der Waals surface area contributed by atoms with E-state index in [9.17, 15) is 0 Å². The van der Waals surface area contributed by atoms with Gasteiger partial charge in [0, 0.05) is 11.6 Å². The van der Waals surface area contributed by atoms with Gasteiger partial charge in [-0.1, -0.05) is 11.6 Å². The fraction of sp³-hybridized carbons (Fsp3) is 0.0714. The van der Waals surface area contributed by atoms with Crippen molar-refractivity contribution in [3.63, 3.8) is 0 Å². The third kappa shape index (κ3) is 2.53. The molecule has 2 heterocycles. The van der Waals surface area contributed by atoms with Crippen LogP contribution in [0.2, 0.25) is 5.02 Å². The molecule has 106 valence electrons. The van der Waals surface area contributed by atoms with Crippen molar-refractivity contribution in [2.24, 2.45) is 0 Å². The first kappa shape index (κ1) is 13.4. The van der Waals surface area contributed by atoms with E-state index in [0.29, 0.717) is 17.0 Å². The van der Waals surface area contributed by atoms with E-state index in [2.05, 4.69) is 15.0 Å². The van der Waals surface area contributed by atoms with Crippen LogP contribution in [0.4, 0.5) is 5.69 Å². The summed E-state index contributed by atoms with van der Waals surface area (Å²) in [6.07, 6.45) is 3.09. The summed E-state index contributed by atoms with van der Waals surface area (Å²) in [6.45, 7) is 0. The molecule has 7 heteroatoms. The predicted molar refractivity (Wildman–Crippen MR) is 79.8 cm³/mol. The number of halogens is 1. The number of rotatable bonds is 3. The van der Waals surface area contributed by atoms with Crippen molar-refractivity contribution in [1.82, 2.24) is 15.0 Å². The minimum absolute atomic E-state index is 0.173. The third-order valence-corrected chi connectivity index (χ3v) is 3.10. The largest absolute Gasteiger partial charge is 0.467 e. The Morgan fingerprint density at radius 3 is 2.86 bits per heavy atom. The molecule has 3 rings (SSSR count). The lowest BCUT2D eigenvalue weighted by Gasteiger charge is -2.10. The summed E-state index contributed by atoms with van der Waals surface area (Å²) in [5.41, 5.74) is 7.14. The molecular formula is C14H11ClN4O2. The molecule has 0 spiro atoms. The average molecular weight is 303 g/mol. The quantitative estimate of drug-likeness (QED) is 0.749. The first-order valence-electron chi connectivity index (χ1n) is 6.06. The van der Waals surface area contributed by atoms with E-state index >= 15 is 0 Å². The maximum Gasteiger partial charge on any atom is 0.319 e. The van der Waals surface area contributed by atoms with Gasteiger partial charge in [-0.05, 0) is 24.3 Å². The highest BCUT2D eigenvalue weighted by Crippen LogP contribution is 2.34. The van der Waals surface area contributed by atoms with Gasteiger partial charge in [-0.15, -0.1) is 0 Å². The van der Waals surface area contributed by atoms with Crippen LogP contribution < -0.4 is 15.2 Å². The first-order valence-corrected chi connectivity index (χ1v) is 6.44. The molecule has 6 nitrogen and oxygen atoms in total. The number of ether oxygens (including phenoxy) is 2. The van der Waals surface area contributed by atoms with Gasteiger partial charge in [0.1, 0.15) is 10.8 Å². The highest BCUT2D eigenvalue weighted by atomic mass is 35.5. The predicted octanol–water partition coefficient (Wildman–Crippen LogP) is 3.06. The molecule has 0 aliphatic heterocycles. The van der Waals surface area contributed by atoms with Gasteiger partial charge >= 0.3 is 6.01 Å². The molecule has 0 atom stereocenters. The van der Waals surface area contributed by atoms with Crippen LogP contribution in [0.3, 0.4) is 0 Å². The van der Waals surface area contributed by atoms with Crippen molar-refractivity contribution < 1.29 is 9.47 Å². The molecule has 2 N–H and O–H groups in total. The fourth-order valence-electron chi connectivity index (χ4n) is 1.87. The minimum Gasteiger partial charge on any atom is -0.467 e. The number of nitrogens with zero attached hydrogens (tertiary/aromatic N) is 3. The third-order valence-electron chi connectivity index (χ3n) is 2.84. The number of fused-ring (bicyclic) bond motifs is 1. The first-order chi connectivity index (χ1) is 10.2. The number of nitrogen functional groups attached to an aromatic ring is 1. The molecule has 0 unspecified atom stereocenters. The molecule has 0 aliphatic rings. The maximum absolute atomic E-state index is 6.04. The second-order valence-corrected chi connectivity index (χ2v) is 4.57. The zero-order valence-corrected chi connectivity index (χ0v) is 11.8. The number of hydrogen-bond donors (Lipinski definition) is 1. The van der Waals surface area contributed by atoms with Gasteiger partial charge in [0.15, 0.2) is 0 Å². The van der Waals surface area contributed by atoms with E-state index in [4.69, 9.17) is 26.8 Å². The van der Waals surface area contributed by atoms with Crippen molar-refractivity contribution in [1.29, 1.82) is 0 Å². The number of anilines is 1. The van der Waals surface area contributed by atoms with Crippen LogP contribution in [-0.4, -0.2) is 22.1 Å². The SMILES string of the molecule is COc1ncc(Cl)c(Oc2ccc(N)c3ncccc23)n1. The molecule has 0 aliphatic carbocycles. The van der Waals surface area contributed by atoms with E-state index in [1.165, 1.54) is 13.3 Å². The molecule has 0 fully saturated rings. The van der Waals surface area contributed by atoms with Crippen LogP contribution in [-0.2, 0) is 0 Å². The topological polar surface area (TPSA) is 83.2 Å². The molecular weight excluding hydrogens is 292 g/mol. The van der Waals surface area contributed by atoms with Crippen LogP contribution in [0.15, 0.2) is 36.7 Å². The number of methoxy groups -OCH3 is 1. The Kier molecular flexibility index (Phi) is 3.45. The van der Waals surface area contributed by atoms with Crippen LogP contribution in [0, 0.1) is 0 Å². The second kappa shape index (κ2) is 5.41. The summed E-state index contributed by atoms with van der Waals surface area (Å²) in [5.74, 6) is 0.758. The summed E-state index contributed by atoms with van der Waals surface area (Å²) in [7, 11) is 1.47. The van der Waals surface area contributed by atoms with Crippen LogP contribution in [0.25, 0.3) is 10.9 Å². The smallest absolute Gasteiger partial charge is 0.319 e. The Morgan fingerprint density at radius 1 is 1.19 bits per heavy atom. The molecule has 3 aromatic rings. The Balaban J connectivity index is 2.08. The Labute approximate surface area is 125 Å². The number of benzene rings is 1. The molecule has 1 aromatic carbocycles. The summed E-state index contributed by atoms with van der Waals surface area (Å²) >= 11 is 6.04. The van der Waals surface area contributed by atoms with Crippen molar-refractivity contribution in [3.05, 3.63) is 41.7 Å². The van der Waals surface area contributed by atoms with Gasteiger partial charge in [-0.3, -0.25) is 4.98 Å². The zero-order valence-electron chi connectivity index (χ0n) is 11.1. The molecule has 0 saturated carbocycles. The normalized spacial score (nSPS) is 10.6. The van der Waals surface area contributed by atoms with Crippen LogP contribution in [0.5, 0.6) is 17.6 Å². The maximum atomic E-state index is 6.04. The minimum atomic E-state index is 0.173. The molecule has 0 saturated heterocycles. The average Bonchev–Trinajstić information content (AvgIpc) is 2.52. The zero-order chi connectivity index (χ0) is 14.8. The van der Waals surface area contributed by atoms with Crippen molar-refractivity contribution >= 4 is 28.2 Å². The number of pyridine rings is 1. The van der Waals surface area contributed by atoms with Crippen LogP contribution in [0.1, 0.15) is 0 Å². The summed E-state index contributed by atoms with van der Waals surface area (Å²) < 4.78 is 10.7. The Morgan fingerprint density at radius 2 is 2.05 bits per heavy atom. The van der Waals surface area contributed by atoms with Gasteiger partial charge in [0.2, 0.25) is 5.88 Å². The molecule has 0 amide bonds. The molecule has 21 heavy (non-hydrogen) atoms.